The molecule has 0 fully saturated rings. The maximum atomic E-state index is 8.69. The summed E-state index contributed by atoms with van der Waals surface area (Å²) in [5.74, 6) is 0. The standard InChI is InChI=1S/Ca.K.HO4Si.H2O/c;;1-5(2,3)4;/h;;1H;1H2/q+2;+1;-3;. The molecule has 0 amide bonds. The minimum Gasteiger partial charge on any atom is -0.861 e. The average Bonchev–Trinajstić information content (AvgIpc) is 0.722. The first-order chi connectivity index (χ1) is 2.00. The molecule has 0 spiro atoms. The van der Waals surface area contributed by atoms with Gasteiger partial charge in [-0.1, -0.05) is 0 Å². The van der Waals surface area contributed by atoms with Crippen molar-refractivity contribution in [2.75, 3.05) is 0 Å². The molecule has 3 N–H and O–H groups in total. The maximum absolute atomic E-state index is 8.69. The molecule has 0 aliphatic rings. The van der Waals surface area contributed by atoms with Gasteiger partial charge in [0.05, 0.1) is 0 Å². The molecule has 0 heterocycles. The van der Waals surface area contributed by atoms with Crippen LogP contribution in [-0.2, 0) is 0 Å². The minimum atomic E-state index is -5.36. The van der Waals surface area contributed by atoms with Gasteiger partial charge in [0, 0.05) is 0 Å². The van der Waals surface area contributed by atoms with Gasteiger partial charge < -0.3 is 24.7 Å². The molecule has 0 radical (unpaired) electrons. The summed E-state index contributed by atoms with van der Waals surface area (Å²) in [5, 5.41) is 0. The first-order valence-electron chi connectivity index (χ1n) is 0.836. The monoisotopic (exact) mass is 190 g/mol. The summed E-state index contributed by atoms with van der Waals surface area (Å²) in [4.78, 5) is 33.1. The molecule has 0 atom stereocenters. The molecule has 8 heteroatoms. The Balaban J connectivity index is -0.0000000267. The summed E-state index contributed by atoms with van der Waals surface area (Å²) in [6.07, 6.45) is 0. The fourth-order valence-electron chi connectivity index (χ4n) is 0. The molecule has 0 aromatic carbocycles. The van der Waals surface area contributed by atoms with Gasteiger partial charge in [0.2, 0.25) is 0 Å². The van der Waals surface area contributed by atoms with Crippen molar-refractivity contribution in [3.05, 3.63) is 0 Å². The molecule has 0 aliphatic heterocycles. The molecular weight excluding hydrogens is 187 g/mol. The Bertz CT molecular complexity index is 27.9. The fraction of sp³-hybridized carbons (Fsp3) is 0. The van der Waals surface area contributed by atoms with E-state index < -0.39 is 9.05 Å². The van der Waals surface area contributed by atoms with E-state index in [1.165, 1.54) is 0 Å². The van der Waals surface area contributed by atoms with E-state index in [9.17, 15) is 0 Å². The normalized spacial score (nSPS) is 7.50. The summed E-state index contributed by atoms with van der Waals surface area (Å²) >= 11 is 0. The average molecular weight is 190 g/mol. The third-order valence-corrected chi connectivity index (χ3v) is 0. The molecule has 0 rings (SSSR count). The molecule has 0 bridgehead atoms. The molecule has 0 saturated carbocycles. The van der Waals surface area contributed by atoms with Gasteiger partial charge in [0.25, 0.3) is 0 Å². The van der Waals surface area contributed by atoms with Gasteiger partial charge in [-0.2, -0.15) is 0 Å². The number of hydrogen-bond acceptors (Lipinski definition) is 4. The van der Waals surface area contributed by atoms with Crippen molar-refractivity contribution in [3.8, 4) is 0 Å². The van der Waals surface area contributed by atoms with Gasteiger partial charge in [-0.3, -0.25) is 0 Å². The number of rotatable bonds is 0. The molecule has 5 nitrogen and oxygen atoms in total. The van der Waals surface area contributed by atoms with Gasteiger partial charge in [-0.25, -0.2) is 0 Å². The molecule has 0 unspecified atom stereocenters. The van der Waals surface area contributed by atoms with E-state index in [2.05, 4.69) is 0 Å². The summed E-state index contributed by atoms with van der Waals surface area (Å²) in [6.45, 7) is 0. The SMILES string of the molecule is O.[Ca+2].[K+].[O-][Si]([O-])([O-])O. The van der Waals surface area contributed by atoms with Crippen LogP contribution < -0.4 is 65.8 Å². The van der Waals surface area contributed by atoms with E-state index in [-0.39, 0.29) is 94.6 Å². The Morgan fingerprint density at radius 3 is 1.12 bits per heavy atom. The Hall–Kier alpha value is 2.91. The van der Waals surface area contributed by atoms with E-state index in [1.54, 1.807) is 0 Å². The van der Waals surface area contributed by atoms with Crippen LogP contribution in [0.2, 0.25) is 0 Å². The van der Waals surface area contributed by atoms with Crippen LogP contribution in [0.4, 0.5) is 0 Å². The van der Waals surface area contributed by atoms with Gasteiger partial charge in [-0.05, 0) is 0 Å². The van der Waals surface area contributed by atoms with Crippen LogP contribution in [0.25, 0.3) is 0 Å². The van der Waals surface area contributed by atoms with Crippen LogP contribution >= 0.6 is 0 Å². The Kier molecular flexibility index (Phi) is 27.8. The van der Waals surface area contributed by atoms with E-state index in [4.69, 9.17) is 19.2 Å². The van der Waals surface area contributed by atoms with Crippen molar-refractivity contribution in [2.45, 2.75) is 0 Å². The van der Waals surface area contributed by atoms with Gasteiger partial charge >= 0.3 is 89.1 Å². The van der Waals surface area contributed by atoms with Crippen molar-refractivity contribution in [2.24, 2.45) is 0 Å². The Labute approximate surface area is 120 Å². The minimum absolute atomic E-state index is 0. The summed E-state index contributed by atoms with van der Waals surface area (Å²) in [5.41, 5.74) is 0. The summed E-state index contributed by atoms with van der Waals surface area (Å²) < 4.78 is 0. The van der Waals surface area contributed by atoms with Crippen LogP contribution in [0, 0.1) is 0 Å². The van der Waals surface area contributed by atoms with Gasteiger partial charge in [-0.15, -0.1) is 9.05 Å². The smallest absolute Gasteiger partial charge is 0.861 e. The Morgan fingerprint density at radius 1 is 1.12 bits per heavy atom. The van der Waals surface area contributed by atoms with E-state index in [1.807, 2.05) is 0 Å². The third-order valence-electron chi connectivity index (χ3n) is 0. The molecule has 8 heavy (non-hydrogen) atoms. The van der Waals surface area contributed by atoms with Crippen molar-refractivity contribution < 1.29 is 76.0 Å². The van der Waals surface area contributed by atoms with Crippen molar-refractivity contribution in [1.29, 1.82) is 0 Å². The zero-order chi connectivity index (χ0) is 4.50. The maximum Gasteiger partial charge on any atom is 2.00 e. The molecule has 0 aliphatic carbocycles. The zero-order valence-electron chi connectivity index (χ0n) is 4.38. The topological polar surface area (TPSA) is 121 Å². The first-order valence-corrected chi connectivity index (χ1v) is 2.51. The third kappa shape index (κ3) is 65.8. The van der Waals surface area contributed by atoms with Crippen LogP contribution in [0.15, 0.2) is 0 Å². The first kappa shape index (κ1) is 22.4. The van der Waals surface area contributed by atoms with Crippen molar-refractivity contribution in [3.63, 3.8) is 0 Å². The van der Waals surface area contributed by atoms with Crippen LogP contribution in [0.1, 0.15) is 0 Å². The molecule has 0 saturated heterocycles. The molecule has 0 aromatic rings. The fourth-order valence-corrected chi connectivity index (χ4v) is 0. The summed E-state index contributed by atoms with van der Waals surface area (Å²) in [6, 6.07) is 0. The quantitative estimate of drug-likeness (QED) is 0.381. The van der Waals surface area contributed by atoms with E-state index >= 15 is 0 Å². The van der Waals surface area contributed by atoms with E-state index in [0.29, 0.717) is 0 Å². The molecule has 0 aromatic heterocycles. The van der Waals surface area contributed by atoms with E-state index in [0.717, 1.165) is 0 Å². The van der Waals surface area contributed by atoms with Crippen LogP contribution in [-0.4, -0.2) is 57.1 Å². The predicted octanol–water partition coefficient (Wildman–Crippen LogP) is -8.71. The number of hydrogen-bond donors (Lipinski definition) is 1. The second kappa shape index (κ2) is 9.91. The second-order valence-electron chi connectivity index (χ2n) is 0.524. The summed E-state index contributed by atoms with van der Waals surface area (Å²) in [7, 11) is -5.36. The van der Waals surface area contributed by atoms with Crippen LogP contribution in [0.3, 0.4) is 0 Å². The van der Waals surface area contributed by atoms with Crippen molar-refractivity contribution >= 4 is 46.8 Å². The molecule has 40 valence electrons. The van der Waals surface area contributed by atoms with Crippen molar-refractivity contribution in [1.82, 2.24) is 0 Å². The zero-order valence-corrected chi connectivity index (χ0v) is 10.7. The largest absolute Gasteiger partial charge is 2.00 e. The van der Waals surface area contributed by atoms with Crippen LogP contribution in [0.5, 0.6) is 0 Å². The predicted molar refractivity (Wildman–Crippen MR) is 17.3 cm³/mol. The van der Waals surface area contributed by atoms with Gasteiger partial charge in [0.1, 0.15) is 0 Å². The van der Waals surface area contributed by atoms with Gasteiger partial charge in [0.15, 0.2) is 0 Å². The second-order valence-corrected chi connectivity index (χ2v) is 1.57. The molecular formula is H3CaKO5Si. The Morgan fingerprint density at radius 2 is 1.12 bits per heavy atom.